The summed E-state index contributed by atoms with van der Waals surface area (Å²) in [6, 6.07) is -0.397. The number of urea groups is 1. The van der Waals surface area contributed by atoms with Crippen molar-refractivity contribution in [3.05, 3.63) is 0 Å². The molecule has 1 aliphatic rings. The van der Waals surface area contributed by atoms with E-state index in [1.165, 1.54) is 4.90 Å². The molecular formula is C11H20N2O5S. The van der Waals surface area contributed by atoms with Gasteiger partial charge in [0.2, 0.25) is 0 Å². The lowest BCUT2D eigenvalue weighted by Gasteiger charge is -2.31. The molecule has 8 heteroatoms. The number of hydrogen-bond donors (Lipinski definition) is 2. The zero-order valence-electron chi connectivity index (χ0n) is 11.1. The van der Waals surface area contributed by atoms with Crippen molar-refractivity contribution in [3.8, 4) is 0 Å². The molecule has 7 nitrogen and oxygen atoms in total. The molecule has 2 amide bonds. The van der Waals surface area contributed by atoms with Crippen molar-refractivity contribution in [1.29, 1.82) is 0 Å². The quantitative estimate of drug-likeness (QED) is 0.721. The SMILES string of the molecule is CC(CCS(C)=O)NC(=O)N1CCOC(C(=O)O)C1. The normalized spacial score (nSPS) is 22.6. The highest BCUT2D eigenvalue weighted by atomic mass is 32.2. The van der Waals surface area contributed by atoms with E-state index in [1.54, 1.807) is 6.26 Å². The Hall–Kier alpha value is -1.15. The van der Waals surface area contributed by atoms with Gasteiger partial charge in [0.1, 0.15) is 0 Å². The standard InChI is InChI=1S/C11H20N2O5S/c1-8(3-6-19(2)17)12-11(16)13-4-5-18-9(7-13)10(14)15/h8-9H,3-7H2,1-2H3,(H,12,16)(H,14,15). The molecule has 110 valence electrons. The number of aliphatic carboxylic acids is 1. The summed E-state index contributed by atoms with van der Waals surface area (Å²) < 4.78 is 16.0. The molecule has 3 atom stereocenters. The minimum absolute atomic E-state index is 0.0492. The van der Waals surface area contributed by atoms with E-state index in [2.05, 4.69) is 5.32 Å². The van der Waals surface area contributed by atoms with Crippen LogP contribution in [0.3, 0.4) is 0 Å². The molecule has 0 aromatic carbocycles. The highest BCUT2D eigenvalue weighted by molar-refractivity contribution is 7.84. The van der Waals surface area contributed by atoms with Crippen LogP contribution in [0.1, 0.15) is 13.3 Å². The molecule has 0 aromatic heterocycles. The van der Waals surface area contributed by atoms with Crippen molar-refractivity contribution in [2.24, 2.45) is 0 Å². The fourth-order valence-corrected chi connectivity index (χ4v) is 2.39. The lowest BCUT2D eigenvalue weighted by molar-refractivity contribution is -0.154. The smallest absolute Gasteiger partial charge is 0.334 e. The van der Waals surface area contributed by atoms with Gasteiger partial charge in [0.05, 0.1) is 13.2 Å². The molecular weight excluding hydrogens is 272 g/mol. The number of nitrogens with zero attached hydrogens (tertiary/aromatic N) is 1. The molecule has 1 heterocycles. The Morgan fingerprint density at radius 3 is 2.84 bits per heavy atom. The summed E-state index contributed by atoms with van der Waals surface area (Å²) in [6.07, 6.45) is 1.29. The van der Waals surface area contributed by atoms with Crippen LogP contribution in [0.25, 0.3) is 0 Å². The predicted octanol–water partition coefficient (Wildman–Crippen LogP) is -0.361. The van der Waals surface area contributed by atoms with Crippen molar-refractivity contribution < 1.29 is 23.6 Å². The average Bonchev–Trinajstić information content (AvgIpc) is 2.36. The lowest BCUT2D eigenvalue weighted by atomic mass is 10.2. The minimum atomic E-state index is -1.06. The Bertz CT molecular complexity index is 363. The molecule has 1 saturated heterocycles. The van der Waals surface area contributed by atoms with Crippen LogP contribution in [0.15, 0.2) is 0 Å². The highest BCUT2D eigenvalue weighted by Gasteiger charge is 2.29. The van der Waals surface area contributed by atoms with Crippen LogP contribution < -0.4 is 5.32 Å². The van der Waals surface area contributed by atoms with Gasteiger partial charge in [-0.2, -0.15) is 0 Å². The van der Waals surface area contributed by atoms with Gasteiger partial charge in [0.25, 0.3) is 0 Å². The van der Waals surface area contributed by atoms with Gasteiger partial charge >= 0.3 is 12.0 Å². The van der Waals surface area contributed by atoms with Gasteiger partial charge in [-0.15, -0.1) is 0 Å². The third-order valence-electron chi connectivity index (χ3n) is 2.84. The molecule has 1 fully saturated rings. The minimum Gasteiger partial charge on any atom is -0.479 e. The van der Waals surface area contributed by atoms with E-state index >= 15 is 0 Å². The molecule has 0 bridgehead atoms. The second-order valence-electron chi connectivity index (χ2n) is 4.56. The van der Waals surface area contributed by atoms with Gasteiger partial charge in [-0.3, -0.25) is 4.21 Å². The third kappa shape index (κ3) is 5.56. The number of carbonyl (C=O) groups is 2. The van der Waals surface area contributed by atoms with Crippen molar-refractivity contribution in [2.75, 3.05) is 31.7 Å². The molecule has 0 aromatic rings. The Kier molecular flexibility index (Phi) is 6.23. The van der Waals surface area contributed by atoms with Gasteiger partial charge in [-0.05, 0) is 13.3 Å². The largest absolute Gasteiger partial charge is 0.479 e. The van der Waals surface area contributed by atoms with E-state index < -0.39 is 22.9 Å². The van der Waals surface area contributed by atoms with Crippen molar-refractivity contribution in [1.82, 2.24) is 10.2 Å². The van der Waals surface area contributed by atoms with Crippen LogP contribution in [0.2, 0.25) is 0 Å². The third-order valence-corrected chi connectivity index (χ3v) is 3.65. The van der Waals surface area contributed by atoms with Crippen LogP contribution in [-0.4, -0.2) is 70.1 Å². The number of ether oxygens (including phenoxy) is 1. The van der Waals surface area contributed by atoms with Gasteiger partial charge in [-0.1, -0.05) is 0 Å². The summed E-state index contributed by atoms with van der Waals surface area (Å²) in [5.41, 5.74) is 0. The van der Waals surface area contributed by atoms with Crippen LogP contribution in [0.5, 0.6) is 0 Å². The first kappa shape index (κ1) is 15.9. The molecule has 3 unspecified atom stereocenters. The Morgan fingerprint density at radius 1 is 1.58 bits per heavy atom. The Labute approximate surface area is 114 Å². The molecule has 2 N–H and O–H groups in total. The molecule has 1 aliphatic heterocycles. The number of hydrogen-bond acceptors (Lipinski definition) is 4. The molecule has 0 spiro atoms. The maximum Gasteiger partial charge on any atom is 0.334 e. The summed E-state index contributed by atoms with van der Waals surface area (Å²) in [5, 5.41) is 11.6. The van der Waals surface area contributed by atoms with Crippen LogP contribution in [0, 0.1) is 0 Å². The van der Waals surface area contributed by atoms with E-state index in [0.29, 0.717) is 18.7 Å². The highest BCUT2D eigenvalue weighted by Crippen LogP contribution is 2.06. The molecule has 19 heavy (non-hydrogen) atoms. The van der Waals surface area contributed by atoms with Crippen molar-refractivity contribution in [2.45, 2.75) is 25.5 Å². The fourth-order valence-electron chi connectivity index (χ4n) is 1.70. The molecule has 0 aliphatic carbocycles. The Balaban J connectivity index is 2.40. The first-order valence-electron chi connectivity index (χ1n) is 6.10. The summed E-state index contributed by atoms with van der Waals surface area (Å²) in [7, 11) is -0.880. The molecule has 0 saturated carbocycles. The number of carboxylic acid groups (broad SMARTS) is 1. The second-order valence-corrected chi connectivity index (χ2v) is 6.11. The topological polar surface area (TPSA) is 95.9 Å². The number of carboxylic acids is 1. The summed E-state index contributed by atoms with van der Waals surface area (Å²) in [5.74, 6) is -0.533. The van der Waals surface area contributed by atoms with E-state index in [4.69, 9.17) is 9.84 Å². The number of carbonyl (C=O) groups excluding carboxylic acids is 1. The monoisotopic (exact) mass is 292 g/mol. The second kappa shape index (κ2) is 7.44. The van der Waals surface area contributed by atoms with Gasteiger partial charge < -0.3 is 20.1 Å². The number of morpholine rings is 1. The van der Waals surface area contributed by atoms with Crippen LogP contribution >= 0.6 is 0 Å². The molecule has 0 radical (unpaired) electrons. The van der Waals surface area contributed by atoms with Crippen molar-refractivity contribution >= 4 is 22.8 Å². The van der Waals surface area contributed by atoms with Gasteiger partial charge in [0, 0.05) is 35.4 Å². The first-order chi connectivity index (χ1) is 8.90. The van der Waals surface area contributed by atoms with E-state index in [0.717, 1.165) is 0 Å². The average molecular weight is 292 g/mol. The van der Waals surface area contributed by atoms with E-state index in [1.807, 2.05) is 6.92 Å². The van der Waals surface area contributed by atoms with Gasteiger partial charge in [-0.25, -0.2) is 9.59 Å². The zero-order chi connectivity index (χ0) is 14.4. The maximum atomic E-state index is 11.9. The number of nitrogens with one attached hydrogen (secondary N) is 1. The summed E-state index contributed by atoms with van der Waals surface area (Å²) >= 11 is 0. The number of rotatable bonds is 5. The van der Waals surface area contributed by atoms with Crippen LogP contribution in [0.4, 0.5) is 4.79 Å². The van der Waals surface area contributed by atoms with E-state index in [9.17, 15) is 13.8 Å². The van der Waals surface area contributed by atoms with Gasteiger partial charge in [0.15, 0.2) is 6.10 Å². The Morgan fingerprint density at radius 2 is 2.26 bits per heavy atom. The zero-order valence-corrected chi connectivity index (χ0v) is 11.9. The molecule has 1 rings (SSSR count). The van der Waals surface area contributed by atoms with E-state index in [-0.39, 0.29) is 25.2 Å². The maximum absolute atomic E-state index is 11.9. The van der Waals surface area contributed by atoms with Crippen molar-refractivity contribution in [3.63, 3.8) is 0 Å². The fraction of sp³-hybridized carbons (Fsp3) is 0.818. The first-order valence-corrected chi connectivity index (χ1v) is 7.82. The number of amides is 2. The van der Waals surface area contributed by atoms with Crippen LogP contribution in [-0.2, 0) is 20.3 Å². The predicted molar refractivity (Wildman–Crippen MR) is 70.5 cm³/mol. The summed E-state index contributed by atoms with van der Waals surface area (Å²) in [6.45, 7) is 2.48. The lowest BCUT2D eigenvalue weighted by Crippen LogP contribution is -2.53. The summed E-state index contributed by atoms with van der Waals surface area (Å²) in [4.78, 5) is 24.1.